The number of anilines is 1. The van der Waals surface area contributed by atoms with Crippen LogP contribution in [-0.4, -0.2) is 30.1 Å². The van der Waals surface area contributed by atoms with E-state index in [9.17, 15) is 10.1 Å². The number of nitro groups is 1. The van der Waals surface area contributed by atoms with E-state index in [0.717, 1.165) is 30.9 Å². The first-order chi connectivity index (χ1) is 8.41. The summed E-state index contributed by atoms with van der Waals surface area (Å²) in [5, 5.41) is 14.6. The van der Waals surface area contributed by atoms with Crippen LogP contribution in [0.4, 0.5) is 11.4 Å². The van der Waals surface area contributed by atoms with Gasteiger partial charge >= 0.3 is 0 Å². The summed E-state index contributed by atoms with van der Waals surface area (Å²) in [7, 11) is 0. The Labute approximate surface area is 107 Å². The average molecular weight is 249 g/mol. The van der Waals surface area contributed by atoms with Gasteiger partial charge in [0.1, 0.15) is 5.69 Å². The van der Waals surface area contributed by atoms with Crippen LogP contribution < -0.4 is 10.2 Å². The Morgan fingerprint density at radius 3 is 2.78 bits per heavy atom. The van der Waals surface area contributed by atoms with Crippen molar-refractivity contribution in [1.29, 1.82) is 0 Å². The number of nitrogens with one attached hydrogen (secondary N) is 1. The molecule has 0 unspecified atom stereocenters. The molecule has 1 aliphatic rings. The summed E-state index contributed by atoms with van der Waals surface area (Å²) < 4.78 is 0. The van der Waals surface area contributed by atoms with Crippen LogP contribution in [0.1, 0.15) is 19.4 Å². The highest BCUT2D eigenvalue weighted by atomic mass is 16.6. The van der Waals surface area contributed by atoms with Gasteiger partial charge in [-0.2, -0.15) is 0 Å². The van der Waals surface area contributed by atoms with Gasteiger partial charge in [0.25, 0.3) is 5.69 Å². The van der Waals surface area contributed by atoms with Crippen molar-refractivity contribution < 1.29 is 4.92 Å². The van der Waals surface area contributed by atoms with E-state index in [1.807, 2.05) is 13.0 Å². The first-order valence-electron chi connectivity index (χ1n) is 6.15. The van der Waals surface area contributed by atoms with Crippen LogP contribution in [0.5, 0.6) is 0 Å². The Kier molecular flexibility index (Phi) is 3.26. The minimum absolute atomic E-state index is 0.0194. The van der Waals surface area contributed by atoms with Crippen molar-refractivity contribution in [2.45, 2.75) is 26.3 Å². The SMILES string of the molecule is Cc1cccc([N+](=O)[O-])c1N1CCNC(C)(C)C1. The van der Waals surface area contributed by atoms with Gasteiger partial charge in [0.2, 0.25) is 0 Å². The Morgan fingerprint density at radius 1 is 1.44 bits per heavy atom. The molecule has 1 aromatic rings. The molecule has 0 aromatic heterocycles. The lowest BCUT2D eigenvalue weighted by atomic mass is 10.0. The summed E-state index contributed by atoms with van der Waals surface area (Å²) in [5.74, 6) is 0. The number of rotatable bonds is 2. The molecule has 0 radical (unpaired) electrons. The van der Waals surface area contributed by atoms with Gasteiger partial charge in [-0.15, -0.1) is 0 Å². The van der Waals surface area contributed by atoms with Crippen molar-refractivity contribution in [3.05, 3.63) is 33.9 Å². The summed E-state index contributed by atoms with van der Waals surface area (Å²) in [5.41, 5.74) is 1.90. The second kappa shape index (κ2) is 4.57. The van der Waals surface area contributed by atoms with Crippen molar-refractivity contribution in [2.75, 3.05) is 24.5 Å². The van der Waals surface area contributed by atoms with Crippen LogP contribution in [0, 0.1) is 17.0 Å². The predicted octanol–water partition coefficient (Wildman–Crippen LogP) is 2.09. The minimum Gasteiger partial charge on any atom is -0.363 e. The van der Waals surface area contributed by atoms with Crippen molar-refractivity contribution in [3.63, 3.8) is 0 Å². The molecule has 5 nitrogen and oxygen atoms in total. The van der Waals surface area contributed by atoms with E-state index in [-0.39, 0.29) is 16.1 Å². The standard InChI is InChI=1S/C13H19N3O2/c1-10-5-4-6-11(16(17)18)12(10)15-8-7-14-13(2,3)9-15/h4-6,14H,7-9H2,1-3H3. The molecule has 0 bridgehead atoms. The summed E-state index contributed by atoms with van der Waals surface area (Å²) in [6.45, 7) is 8.58. The summed E-state index contributed by atoms with van der Waals surface area (Å²) >= 11 is 0. The molecule has 0 amide bonds. The lowest BCUT2D eigenvalue weighted by Crippen LogP contribution is -2.57. The van der Waals surface area contributed by atoms with Gasteiger partial charge in [-0.05, 0) is 26.3 Å². The van der Waals surface area contributed by atoms with E-state index < -0.39 is 0 Å². The normalized spacial score (nSPS) is 18.7. The van der Waals surface area contributed by atoms with Gasteiger partial charge in [-0.25, -0.2) is 0 Å². The number of nitro benzene ring substituents is 1. The summed E-state index contributed by atoms with van der Waals surface area (Å²) in [6.07, 6.45) is 0. The third kappa shape index (κ3) is 2.46. The molecule has 2 rings (SSSR count). The van der Waals surface area contributed by atoms with Crippen LogP contribution >= 0.6 is 0 Å². The maximum Gasteiger partial charge on any atom is 0.292 e. The number of hydrogen-bond acceptors (Lipinski definition) is 4. The maximum atomic E-state index is 11.1. The number of hydrogen-bond donors (Lipinski definition) is 1. The van der Waals surface area contributed by atoms with Crippen LogP contribution in [-0.2, 0) is 0 Å². The molecule has 1 saturated heterocycles. The van der Waals surface area contributed by atoms with Crippen molar-refractivity contribution in [2.24, 2.45) is 0 Å². The van der Waals surface area contributed by atoms with E-state index >= 15 is 0 Å². The van der Waals surface area contributed by atoms with Crippen LogP contribution in [0.3, 0.4) is 0 Å². The Hall–Kier alpha value is -1.62. The van der Waals surface area contributed by atoms with Gasteiger partial charge in [-0.3, -0.25) is 10.1 Å². The topological polar surface area (TPSA) is 58.4 Å². The van der Waals surface area contributed by atoms with Gasteiger partial charge < -0.3 is 10.2 Å². The number of benzene rings is 1. The number of nitrogens with zero attached hydrogens (tertiary/aromatic N) is 2. The highest BCUT2D eigenvalue weighted by Crippen LogP contribution is 2.33. The van der Waals surface area contributed by atoms with Crippen LogP contribution in [0.15, 0.2) is 18.2 Å². The van der Waals surface area contributed by atoms with E-state index in [1.165, 1.54) is 0 Å². The van der Waals surface area contributed by atoms with Gasteiger partial charge in [-0.1, -0.05) is 12.1 Å². The molecule has 5 heteroatoms. The zero-order valence-electron chi connectivity index (χ0n) is 11.1. The van der Waals surface area contributed by atoms with E-state index in [1.54, 1.807) is 12.1 Å². The fourth-order valence-corrected chi connectivity index (χ4v) is 2.53. The number of piperazine rings is 1. The zero-order valence-corrected chi connectivity index (χ0v) is 11.1. The third-order valence-corrected chi connectivity index (χ3v) is 3.30. The van der Waals surface area contributed by atoms with E-state index in [2.05, 4.69) is 24.1 Å². The van der Waals surface area contributed by atoms with E-state index in [4.69, 9.17) is 0 Å². The minimum atomic E-state index is -0.294. The second-order valence-electron chi connectivity index (χ2n) is 5.43. The zero-order chi connectivity index (χ0) is 13.3. The molecule has 0 saturated carbocycles. The van der Waals surface area contributed by atoms with Gasteiger partial charge in [0, 0.05) is 31.2 Å². The third-order valence-electron chi connectivity index (χ3n) is 3.30. The molecule has 1 aromatic carbocycles. The maximum absolute atomic E-state index is 11.1. The Morgan fingerprint density at radius 2 is 2.17 bits per heavy atom. The largest absolute Gasteiger partial charge is 0.363 e. The lowest BCUT2D eigenvalue weighted by Gasteiger charge is -2.40. The molecule has 1 aliphatic heterocycles. The Balaban J connectivity index is 2.41. The molecule has 0 aliphatic carbocycles. The molecule has 0 spiro atoms. The molecule has 1 heterocycles. The fourth-order valence-electron chi connectivity index (χ4n) is 2.53. The van der Waals surface area contributed by atoms with Gasteiger partial charge in [0.15, 0.2) is 0 Å². The average Bonchev–Trinajstić information content (AvgIpc) is 2.27. The first-order valence-corrected chi connectivity index (χ1v) is 6.15. The van der Waals surface area contributed by atoms with Crippen molar-refractivity contribution in [1.82, 2.24) is 5.32 Å². The fraction of sp³-hybridized carbons (Fsp3) is 0.538. The monoisotopic (exact) mass is 249 g/mol. The highest BCUT2D eigenvalue weighted by molar-refractivity contribution is 5.68. The smallest absolute Gasteiger partial charge is 0.292 e. The van der Waals surface area contributed by atoms with Crippen molar-refractivity contribution in [3.8, 4) is 0 Å². The second-order valence-corrected chi connectivity index (χ2v) is 5.43. The Bertz CT molecular complexity index is 471. The summed E-state index contributed by atoms with van der Waals surface area (Å²) in [6, 6.07) is 5.25. The molecule has 1 N–H and O–H groups in total. The highest BCUT2D eigenvalue weighted by Gasteiger charge is 2.30. The first kappa shape index (κ1) is 12.8. The number of para-hydroxylation sites is 1. The molecule has 18 heavy (non-hydrogen) atoms. The molecule has 98 valence electrons. The number of aryl methyl sites for hydroxylation is 1. The summed E-state index contributed by atoms with van der Waals surface area (Å²) in [4.78, 5) is 13.0. The van der Waals surface area contributed by atoms with Gasteiger partial charge in [0.05, 0.1) is 4.92 Å². The molecule has 1 fully saturated rings. The van der Waals surface area contributed by atoms with Crippen LogP contribution in [0.25, 0.3) is 0 Å². The molecular weight excluding hydrogens is 230 g/mol. The van der Waals surface area contributed by atoms with Crippen LogP contribution in [0.2, 0.25) is 0 Å². The molecule has 0 atom stereocenters. The predicted molar refractivity (Wildman–Crippen MR) is 72.1 cm³/mol. The van der Waals surface area contributed by atoms with E-state index in [0.29, 0.717) is 0 Å². The lowest BCUT2D eigenvalue weighted by molar-refractivity contribution is -0.384. The van der Waals surface area contributed by atoms with Crippen molar-refractivity contribution >= 4 is 11.4 Å². The molecular formula is C13H19N3O2. The quantitative estimate of drug-likeness (QED) is 0.644.